The number of rotatable bonds is 8. The summed E-state index contributed by atoms with van der Waals surface area (Å²) in [6.45, 7) is 0. The van der Waals surface area contributed by atoms with Crippen molar-refractivity contribution in [2.75, 3.05) is 4.90 Å². The Kier molecular flexibility index (Phi) is 8.55. The van der Waals surface area contributed by atoms with Crippen LogP contribution in [-0.4, -0.2) is 4.57 Å². The molecule has 10 rings (SSSR count). The minimum absolute atomic E-state index is 1.08. The summed E-state index contributed by atoms with van der Waals surface area (Å²) in [5.41, 5.74) is 16.2. The number of fused-ring (bicyclic) bond motifs is 3. The normalized spacial score (nSPS) is 11.2. The van der Waals surface area contributed by atoms with Crippen molar-refractivity contribution in [1.29, 1.82) is 0 Å². The number of benzene rings is 9. The maximum Gasteiger partial charge on any atom is 0.0561 e. The zero-order valence-electron chi connectivity index (χ0n) is 30.8. The molecule has 0 amide bonds. The van der Waals surface area contributed by atoms with Gasteiger partial charge in [-0.25, -0.2) is 0 Å². The minimum atomic E-state index is 1.08. The molecule has 1 heterocycles. The van der Waals surface area contributed by atoms with Gasteiger partial charge >= 0.3 is 0 Å². The van der Waals surface area contributed by atoms with Gasteiger partial charge in [0.25, 0.3) is 0 Å². The molecule has 0 saturated heterocycles. The fourth-order valence-electron chi connectivity index (χ4n) is 8.24. The lowest BCUT2D eigenvalue weighted by Crippen LogP contribution is -2.13. The summed E-state index contributed by atoms with van der Waals surface area (Å²) in [4.78, 5) is 2.47. The number of aromatic nitrogens is 1. The van der Waals surface area contributed by atoms with Crippen LogP contribution < -0.4 is 4.90 Å². The summed E-state index contributed by atoms with van der Waals surface area (Å²) < 4.78 is 2.40. The van der Waals surface area contributed by atoms with Crippen LogP contribution in [0.25, 0.3) is 72.0 Å². The van der Waals surface area contributed by atoms with E-state index in [9.17, 15) is 0 Å². The average molecular weight is 715 g/mol. The summed E-state index contributed by atoms with van der Waals surface area (Å²) in [7, 11) is 0. The molecule has 2 nitrogen and oxygen atoms in total. The summed E-state index contributed by atoms with van der Waals surface area (Å²) in [5, 5.41) is 2.46. The molecular weight excluding hydrogens is 677 g/mol. The SMILES string of the molecule is c1ccc(-c2ccc(-c3ccccc3N(c3ccc4c5ccccc5n(-c5ccccc5)c4c3)c3cccc(-c4ccccc4)c3-c3ccccc3)cc2)cc1. The second-order valence-corrected chi connectivity index (χ2v) is 14.1. The molecule has 0 aliphatic carbocycles. The highest BCUT2D eigenvalue weighted by Crippen LogP contribution is 2.49. The summed E-state index contributed by atoms with van der Waals surface area (Å²) in [5.74, 6) is 0. The standard InChI is InChI=1S/C54H38N2/c1-5-18-39(19-6-1)40-32-34-42(35-33-40)46-26-13-15-29-50(46)56(52-31-17-28-47(41-20-7-2-8-21-41)54(52)43-22-9-3-10-23-43)45-36-37-49-48-27-14-16-30-51(48)55(53(49)38-45)44-24-11-4-12-25-44/h1-38H. The van der Waals surface area contributed by atoms with E-state index >= 15 is 0 Å². The van der Waals surface area contributed by atoms with E-state index in [0.29, 0.717) is 0 Å². The van der Waals surface area contributed by atoms with Gasteiger partial charge in [-0.05, 0) is 75.8 Å². The van der Waals surface area contributed by atoms with Crippen LogP contribution in [0.15, 0.2) is 231 Å². The molecule has 10 aromatic rings. The molecule has 0 unspecified atom stereocenters. The lowest BCUT2D eigenvalue weighted by Gasteiger charge is -2.31. The van der Waals surface area contributed by atoms with Crippen LogP contribution in [0.3, 0.4) is 0 Å². The molecule has 0 fully saturated rings. The first-order valence-corrected chi connectivity index (χ1v) is 19.2. The molecule has 264 valence electrons. The topological polar surface area (TPSA) is 8.17 Å². The van der Waals surface area contributed by atoms with Crippen molar-refractivity contribution in [2.24, 2.45) is 0 Å². The van der Waals surface area contributed by atoms with Gasteiger partial charge in [0.2, 0.25) is 0 Å². The van der Waals surface area contributed by atoms with E-state index < -0.39 is 0 Å². The Morgan fingerprint density at radius 1 is 0.304 bits per heavy atom. The van der Waals surface area contributed by atoms with Gasteiger partial charge < -0.3 is 9.47 Å². The third kappa shape index (κ3) is 5.95. The zero-order valence-corrected chi connectivity index (χ0v) is 30.8. The first-order valence-electron chi connectivity index (χ1n) is 19.2. The highest BCUT2D eigenvalue weighted by Gasteiger charge is 2.24. The number of nitrogens with zero attached hydrogens (tertiary/aromatic N) is 2. The van der Waals surface area contributed by atoms with E-state index in [2.05, 4.69) is 240 Å². The van der Waals surface area contributed by atoms with Crippen LogP contribution in [0.4, 0.5) is 17.1 Å². The van der Waals surface area contributed by atoms with Crippen molar-refractivity contribution in [3.8, 4) is 50.2 Å². The van der Waals surface area contributed by atoms with E-state index in [1.54, 1.807) is 0 Å². The molecule has 0 spiro atoms. The first kappa shape index (κ1) is 33.2. The van der Waals surface area contributed by atoms with E-state index in [0.717, 1.165) is 45.0 Å². The molecule has 1 aromatic heterocycles. The number of hydrogen-bond acceptors (Lipinski definition) is 1. The predicted molar refractivity (Wildman–Crippen MR) is 237 cm³/mol. The first-order chi connectivity index (χ1) is 27.8. The molecule has 56 heavy (non-hydrogen) atoms. The molecule has 0 aliphatic heterocycles. The van der Waals surface area contributed by atoms with Gasteiger partial charge in [-0.15, -0.1) is 0 Å². The second kappa shape index (κ2) is 14.4. The average Bonchev–Trinajstić information content (AvgIpc) is 3.61. The van der Waals surface area contributed by atoms with Gasteiger partial charge in [-0.3, -0.25) is 0 Å². The van der Waals surface area contributed by atoms with Crippen LogP contribution in [0.2, 0.25) is 0 Å². The molecule has 0 aliphatic rings. The molecule has 0 atom stereocenters. The van der Waals surface area contributed by atoms with Crippen molar-refractivity contribution < 1.29 is 0 Å². The van der Waals surface area contributed by atoms with E-state index in [-0.39, 0.29) is 0 Å². The molecular formula is C54H38N2. The Labute approximate surface area is 327 Å². The Balaban J connectivity index is 1.26. The van der Waals surface area contributed by atoms with Gasteiger partial charge in [0.15, 0.2) is 0 Å². The van der Waals surface area contributed by atoms with E-state index in [4.69, 9.17) is 0 Å². The summed E-state index contributed by atoms with van der Waals surface area (Å²) >= 11 is 0. The summed E-state index contributed by atoms with van der Waals surface area (Å²) in [6.07, 6.45) is 0. The molecule has 9 aromatic carbocycles. The quantitative estimate of drug-likeness (QED) is 0.152. The lowest BCUT2D eigenvalue weighted by molar-refractivity contribution is 1.18. The monoisotopic (exact) mass is 714 g/mol. The van der Waals surface area contributed by atoms with Gasteiger partial charge in [0, 0.05) is 33.3 Å². The van der Waals surface area contributed by atoms with Crippen LogP contribution in [0.1, 0.15) is 0 Å². The Bertz CT molecular complexity index is 2930. The largest absolute Gasteiger partial charge is 0.309 e. The molecule has 2 heteroatoms. The minimum Gasteiger partial charge on any atom is -0.309 e. The molecule has 0 saturated carbocycles. The van der Waals surface area contributed by atoms with Gasteiger partial charge in [0.05, 0.1) is 22.4 Å². The number of anilines is 3. The Morgan fingerprint density at radius 2 is 0.804 bits per heavy atom. The molecule has 0 N–H and O–H groups in total. The van der Waals surface area contributed by atoms with Crippen molar-refractivity contribution in [2.45, 2.75) is 0 Å². The maximum absolute atomic E-state index is 2.47. The van der Waals surface area contributed by atoms with Crippen LogP contribution in [0.5, 0.6) is 0 Å². The highest BCUT2D eigenvalue weighted by molar-refractivity contribution is 6.11. The second-order valence-electron chi connectivity index (χ2n) is 14.1. The van der Waals surface area contributed by atoms with Gasteiger partial charge in [0.1, 0.15) is 0 Å². The third-order valence-electron chi connectivity index (χ3n) is 10.8. The van der Waals surface area contributed by atoms with Gasteiger partial charge in [-0.2, -0.15) is 0 Å². The van der Waals surface area contributed by atoms with Crippen molar-refractivity contribution >= 4 is 38.9 Å². The van der Waals surface area contributed by atoms with Crippen LogP contribution in [-0.2, 0) is 0 Å². The fourth-order valence-corrected chi connectivity index (χ4v) is 8.24. The van der Waals surface area contributed by atoms with Gasteiger partial charge in [-0.1, -0.05) is 188 Å². The zero-order chi connectivity index (χ0) is 37.3. The Morgan fingerprint density at radius 3 is 1.54 bits per heavy atom. The predicted octanol–water partition coefficient (Wildman–Crippen LogP) is 14.9. The smallest absolute Gasteiger partial charge is 0.0561 e. The number of para-hydroxylation sites is 3. The van der Waals surface area contributed by atoms with Crippen LogP contribution >= 0.6 is 0 Å². The maximum atomic E-state index is 2.47. The summed E-state index contributed by atoms with van der Waals surface area (Å²) in [6, 6.07) is 83.1. The van der Waals surface area contributed by atoms with Crippen LogP contribution in [0, 0.1) is 0 Å². The van der Waals surface area contributed by atoms with E-state index in [1.807, 2.05) is 0 Å². The van der Waals surface area contributed by atoms with Crippen molar-refractivity contribution in [3.05, 3.63) is 231 Å². The third-order valence-corrected chi connectivity index (χ3v) is 10.8. The molecule has 0 bridgehead atoms. The van der Waals surface area contributed by atoms with E-state index in [1.165, 1.54) is 44.1 Å². The lowest BCUT2D eigenvalue weighted by atomic mass is 9.91. The molecule has 0 radical (unpaired) electrons. The number of hydrogen-bond donors (Lipinski definition) is 0. The van der Waals surface area contributed by atoms with Crippen molar-refractivity contribution in [3.63, 3.8) is 0 Å². The Hall–Kier alpha value is -7.42. The fraction of sp³-hybridized carbons (Fsp3) is 0. The van der Waals surface area contributed by atoms with Crippen molar-refractivity contribution in [1.82, 2.24) is 4.57 Å². The highest BCUT2D eigenvalue weighted by atomic mass is 15.1.